The predicted octanol–water partition coefficient (Wildman–Crippen LogP) is 3.21. The third-order valence-electron chi connectivity index (χ3n) is 2.83. The molecule has 0 fully saturated rings. The summed E-state index contributed by atoms with van der Waals surface area (Å²) in [4.78, 5) is 12.3. The Hall–Kier alpha value is -1.08. The Balaban J connectivity index is 1.81. The summed E-state index contributed by atoms with van der Waals surface area (Å²) in [6.45, 7) is 0.754. The molecule has 0 saturated heterocycles. The van der Waals surface area contributed by atoms with Crippen molar-refractivity contribution in [1.82, 2.24) is 15.0 Å². The van der Waals surface area contributed by atoms with Gasteiger partial charge < -0.3 is 9.84 Å². The number of hydrogen-bond donors (Lipinski definition) is 1. The maximum Gasteiger partial charge on any atom is 0.220 e. The zero-order valence-corrected chi connectivity index (χ0v) is 12.5. The van der Waals surface area contributed by atoms with Gasteiger partial charge in [0.05, 0.1) is 34.5 Å². The maximum absolute atomic E-state index is 9.81. The molecule has 2 aromatic heterocycles. The van der Waals surface area contributed by atoms with Gasteiger partial charge in [-0.25, -0.2) is 4.98 Å². The van der Waals surface area contributed by atoms with Crippen molar-refractivity contribution in [3.05, 3.63) is 39.3 Å². The number of ether oxygens (including phenoxy) is 1. The Morgan fingerprint density at radius 2 is 1.95 bits per heavy atom. The van der Waals surface area contributed by atoms with Gasteiger partial charge in [-0.3, -0.25) is 4.98 Å². The monoisotopic (exact) mass is 329 g/mol. The number of halogens is 2. The summed E-state index contributed by atoms with van der Waals surface area (Å²) < 4.78 is 5.23. The average molecular weight is 330 g/mol. The van der Waals surface area contributed by atoms with Crippen LogP contribution in [0.5, 0.6) is 5.88 Å². The van der Waals surface area contributed by atoms with Crippen molar-refractivity contribution in [1.29, 1.82) is 0 Å². The van der Waals surface area contributed by atoms with E-state index >= 15 is 0 Å². The van der Waals surface area contributed by atoms with Crippen LogP contribution in [-0.4, -0.2) is 20.1 Å². The molecule has 3 heterocycles. The van der Waals surface area contributed by atoms with Gasteiger partial charge in [0.2, 0.25) is 5.88 Å². The van der Waals surface area contributed by atoms with Gasteiger partial charge in [0.15, 0.2) is 5.16 Å². The molecule has 0 aliphatic carbocycles. The van der Waals surface area contributed by atoms with Crippen LogP contribution in [0.1, 0.15) is 16.8 Å². The summed E-state index contributed by atoms with van der Waals surface area (Å²) in [5.41, 5.74) is 2.16. The number of nitrogens with zero attached hydrogens (tertiary/aromatic N) is 3. The van der Waals surface area contributed by atoms with Gasteiger partial charge in [-0.05, 0) is 0 Å². The zero-order valence-electron chi connectivity index (χ0n) is 10.1. The molecule has 2 aromatic rings. The normalized spacial score (nSPS) is 13.5. The van der Waals surface area contributed by atoms with Crippen molar-refractivity contribution in [3.63, 3.8) is 0 Å². The smallest absolute Gasteiger partial charge is 0.220 e. The van der Waals surface area contributed by atoms with Crippen LogP contribution in [0.15, 0.2) is 17.6 Å². The van der Waals surface area contributed by atoms with Crippen molar-refractivity contribution in [2.24, 2.45) is 0 Å². The number of aromatic hydroxyl groups is 1. The van der Waals surface area contributed by atoms with E-state index in [1.54, 1.807) is 0 Å². The Bertz CT molecular complexity index is 649. The first-order valence-corrected chi connectivity index (χ1v) is 7.46. The van der Waals surface area contributed by atoms with Gasteiger partial charge in [0, 0.05) is 23.7 Å². The topological polar surface area (TPSA) is 68.1 Å². The molecule has 3 rings (SSSR count). The molecule has 104 valence electrons. The Kier molecular flexibility index (Phi) is 3.98. The lowest BCUT2D eigenvalue weighted by molar-refractivity contribution is 0.132. The van der Waals surface area contributed by atoms with E-state index in [9.17, 15) is 5.11 Å². The van der Waals surface area contributed by atoms with Gasteiger partial charge in [-0.2, -0.15) is 4.98 Å². The molecule has 0 spiro atoms. The number of thioether (sulfide) groups is 1. The van der Waals surface area contributed by atoms with Crippen LogP contribution in [0.2, 0.25) is 10.0 Å². The summed E-state index contributed by atoms with van der Waals surface area (Å²) in [6, 6.07) is 0. The van der Waals surface area contributed by atoms with E-state index in [0.29, 0.717) is 39.7 Å². The Labute approximate surface area is 129 Å². The predicted molar refractivity (Wildman–Crippen MR) is 76.0 cm³/mol. The fourth-order valence-corrected chi connectivity index (χ4v) is 3.36. The third-order valence-corrected chi connectivity index (χ3v) is 4.36. The zero-order chi connectivity index (χ0) is 14.1. The lowest BCUT2D eigenvalue weighted by Crippen LogP contribution is -1.96. The molecule has 1 N–H and O–H groups in total. The first-order chi connectivity index (χ1) is 9.65. The van der Waals surface area contributed by atoms with Crippen molar-refractivity contribution >= 4 is 35.0 Å². The highest BCUT2D eigenvalue weighted by atomic mass is 35.5. The van der Waals surface area contributed by atoms with Gasteiger partial charge >= 0.3 is 0 Å². The molecule has 0 radical (unpaired) electrons. The number of rotatable bonds is 3. The van der Waals surface area contributed by atoms with Crippen LogP contribution in [0.3, 0.4) is 0 Å². The number of aromatic nitrogens is 3. The highest BCUT2D eigenvalue weighted by Gasteiger charge is 2.20. The third kappa shape index (κ3) is 2.69. The minimum absolute atomic E-state index is 0.0260. The SMILES string of the molecule is Oc1nc(SCc2c(Cl)cncc2Cl)nc2c1COC2. The molecule has 0 amide bonds. The van der Waals surface area contributed by atoms with E-state index in [1.807, 2.05) is 0 Å². The van der Waals surface area contributed by atoms with Crippen molar-refractivity contribution < 1.29 is 9.84 Å². The van der Waals surface area contributed by atoms with Crippen LogP contribution in [0.25, 0.3) is 0 Å². The molecular formula is C12H9Cl2N3O2S. The molecule has 5 nitrogen and oxygen atoms in total. The van der Waals surface area contributed by atoms with Gasteiger partial charge in [-0.15, -0.1) is 0 Å². The lowest BCUT2D eigenvalue weighted by Gasteiger charge is -2.06. The standard InChI is InChI=1S/C12H9Cl2N3O2S/c13-8-1-15-2-9(14)7(8)5-20-12-16-10-4-19-3-6(10)11(18)17-12/h1-2H,3-5H2,(H,16,17,18). The number of pyridine rings is 1. The van der Waals surface area contributed by atoms with Gasteiger partial charge in [0.1, 0.15) is 0 Å². The fraction of sp³-hybridized carbons (Fsp3) is 0.250. The second-order valence-electron chi connectivity index (χ2n) is 4.12. The molecule has 0 aromatic carbocycles. The molecule has 1 aliphatic rings. The van der Waals surface area contributed by atoms with Gasteiger partial charge in [-0.1, -0.05) is 35.0 Å². The summed E-state index contributed by atoms with van der Waals surface area (Å²) in [7, 11) is 0. The molecule has 20 heavy (non-hydrogen) atoms. The average Bonchev–Trinajstić information content (AvgIpc) is 2.87. The van der Waals surface area contributed by atoms with Gasteiger partial charge in [0.25, 0.3) is 0 Å². The number of fused-ring (bicyclic) bond motifs is 1. The quantitative estimate of drug-likeness (QED) is 0.688. The highest BCUT2D eigenvalue weighted by Crippen LogP contribution is 2.32. The molecule has 1 aliphatic heterocycles. The Morgan fingerprint density at radius 1 is 1.20 bits per heavy atom. The Morgan fingerprint density at radius 3 is 2.70 bits per heavy atom. The summed E-state index contributed by atoms with van der Waals surface area (Å²) in [5, 5.41) is 11.3. The minimum atomic E-state index is -0.0260. The number of hydrogen-bond acceptors (Lipinski definition) is 6. The molecule has 0 unspecified atom stereocenters. The van der Waals surface area contributed by atoms with Crippen LogP contribution in [-0.2, 0) is 23.7 Å². The van der Waals surface area contributed by atoms with Crippen LogP contribution in [0.4, 0.5) is 0 Å². The van der Waals surface area contributed by atoms with E-state index < -0.39 is 0 Å². The van der Waals surface area contributed by atoms with E-state index in [-0.39, 0.29) is 5.88 Å². The summed E-state index contributed by atoms with van der Waals surface area (Å²) in [5.74, 6) is 0.473. The molecule has 0 atom stereocenters. The van der Waals surface area contributed by atoms with Crippen molar-refractivity contribution in [2.75, 3.05) is 0 Å². The van der Waals surface area contributed by atoms with E-state index in [0.717, 1.165) is 11.3 Å². The van der Waals surface area contributed by atoms with Crippen molar-refractivity contribution in [3.8, 4) is 5.88 Å². The van der Waals surface area contributed by atoms with E-state index in [1.165, 1.54) is 24.2 Å². The van der Waals surface area contributed by atoms with Crippen molar-refractivity contribution in [2.45, 2.75) is 24.1 Å². The molecule has 0 saturated carbocycles. The lowest BCUT2D eigenvalue weighted by atomic mass is 10.3. The van der Waals surface area contributed by atoms with E-state index in [4.69, 9.17) is 27.9 Å². The largest absolute Gasteiger partial charge is 0.493 e. The second-order valence-corrected chi connectivity index (χ2v) is 5.88. The van der Waals surface area contributed by atoms with Crippen LogP contribution in [0, 0.1) is 0 Å². The van der Waals surface area contributed by atoms with Crippen LogP contribution < -0.4 is 0 Å². The highest BCUT2D eigenvalue weighted by molar-refractivity contribution is 7.98. The van der Waals surface area contributed by atoms with E-state index in [2.05, 4.69) is 15.0 Å². The summed E-state index contributed by atoms with van der Waals surface area (Å²) in [6.07, 6.45) is 3.08. The molecule has 0 bridgehead atoms. The van der Waals surface area contributed by atoms with Crippen LogP contribution >= 0.6 is 35.0 Å². The maximum atomic E-state index is 9.81. The summed E-state index contributed by atoms with van der Waals surface area (Å²) >= 11 is 13.4. The fourth-order valence-electron chi connectivity index (χ4n) is 1.79. The first-order valence-electron chi connectivity index (χ1n) is 5.72. The molecule has 8 heteroatoms. The minimum Gasteiger partial charge on any atom is -0.493 e. The first kappa shape index (κ1) is 13.9. The molecular weight excluding hydrogens is 321 g/mol. The second kappa shape index (κ2) is 5.73.